The van der Waals surface area contributed by atoms with Crippen LogP contribution in [0.3, 0.4) is 0 Å². The third kappa shape index (κ3) is 2.13. The number of amides is 2. The van der Waals surface area contributed by atoms with Gasteiger partial charge in [-0.3, -0.25) is 0 Å². The van der Waals surface area contributed by atoms with E-state index in [-0.39, 0.29) is 6.03 Å². The van der Waals surface area contributed by atoms with Gasteiger partial charge in [0.05, 0.1) is 0 Å². The highest BCUT2D eigenvalue weighted by Gasteiger charge is 2.16. The minimum Gasteiger partial charge on any atom is -0.325 e. The molecular formula is C12H14N4O2. The van der Waals surface area contributed by atoms with Crippen molar-refractivity contribution in [1.82, 2.24) is 15.2 Å². The van der Waals surface area contributed by atoms with Crippen LogP contribution in [0.5, 0.6) is 0 Å². The maximum absolute atomic E-state index is 12.0. The number of benzene rings is 1. The Morgan fingerprint density at radius 2 is 1.94 bits per heavy atom. The largest absolute Gasteiger partial charge is 0.325 e. The van der Waals surface area contributed by atoms with Crippen molar-refractivity contribution in [3.8, 4) is 0 Å². The van der Waals surface area contributed by atoms with Crippen LogP contribution in [0.15, 0.2) is 22.8 Å². The third-order valence-corrected chi connectivity index (χ3v) is 3.15. The summed E-state index contributed by atoms with van der Waals surface area (Å²) in [5, 5.41) is 10.3. The summed E-state index contributed by atoms with van der Waals surface area (Å²) in [6.45, 7) is 1.67. The molecule has 1 aromatic carbocycles. The summed E-state index contributed by atoms with van der Waals surface area (Å²) in [5.74, 6) is 0. The quantitative estimate of drug-likeness (QED) is 0.837. The fourth-order valence-electron chi connectivity index (χ4n) is 2.16. The van der Waals surface area contributed by atoms with Crippen LogP contribution in [0.4, 0.5) is 10.5 Å². The number of aromatic nitrogens is 2. The van der Waals surface area contributed by atoms with Gasteiger partial charge in [0.1, 0.15) is 11.0 Å². The van der Waals surface area contributed by atoms with Crippen LogP contribution in [-0.4, -0.2) is 34.3 Å². The molecule has 6 nitrogen and oxygen atoms in total. The lowest BCUT2D eigenvalue weighted by molar-refractivity contribution is 0.200. The number of nitrogens with zero attached hydrogens (tertiary/aromatic N) is 3. The van der Waals surface area contributed by atoms with Gasteiger partial charge in [-0.25, -0.2) is 9.42 Å². The topological polar surface area (TPSA) is 71.3 Å². The molecule has 1 aliphatic rings. The van der Waals surface area contributed by atoms with Crippen molar-refractivity contribution in [2.45, 2.75) is 19.3 Å². The molecule has 1 N–H and O–H groups in total. The Kier molecular flexibility index (Phi) is 2.84. The normalized spacial score (nSPS) is 15.9. The van der Waals surface area contributed by atoms with Crippen molar-refractivity contribution >= 4 is 22.8 Å². The molecule has 2 aromatic rings. The first-order valence-electron chi connectivity index (χ1n) is 6.11. The van der Waals surface area contributed by atoms with Gasteiger partial charge in [-0.05, 0) is 47.8 Å². The highest BCUT2D eigenvalue weighted by molar-refractivity contribution is 5.91. The SMILES string of the molecule is O=C(Nc1ccc2nonc2c1)N1CCCCC1. The average molecular weight is 246 g/mol. The van der Waals surface area contributed by atoms with E-state index in [9.17, 15) is 4.79 Å². The second-order valence-electron chi connectivity index (χ2n) is 4.45. The number of likely N-dealkylation sites (tertiary alicyclic amines) is 1. The fourth-order valence-corrected chi connectivity index (χ4v) is 2.16. The first kappa shape index (κ1) is 11.0. The van der Waals surface area contributed by atoms with Crippen LogP contribution in [0.2, 0.25) is 0 Å². The molecule has 3 rings (SSSR count). The molecule has 1 aromatic heterocycles. The van der Waals surface area contributed by atoms with E-state index in [1.54, 1.807) is 18.2 Å². The minimum atomic E-state index is -0.0505. The second-order valence-corrected chi connectivity index (χ2v) is 4.45. The zero-order valence-corrected chi connectivity index (χ0v) is 9.93. The number of piperidine rings is 1. The van der Waals surface area contributed by atoms with Gasteiger partial charge in [0.15, 0.2) is 0 Å². The summed E-state index contributed by atoms with van der Waals surface area (Å²) in [6, 6.07) is 5.28. The Hall–Kier alpha value is -2.11. The molecule has 2 amide bonds. The van der Waals surface area contributed by atoms with E-state index in [0.29, 0.717) is 16.7 Å². The highest BCUT2D eigenvalue weighted by Crippen LogP contribution is 2.17. The molecule has 0 unspecified atom stereocenters. The fraction of sp³-hybridized carbons (Fsp3) is 0.417. The number of carbonyl (C=O) groups is 1. The van der Waals surface area contributed by atoms with E-state index in [1.807, 2.05) is 4.90 Å². The lowest BCUT2D eigenvalue weighted by atomic mass is 10.1. The summed E-state index contributed by atoms with van der Waals surface area (Å²) >= 11 is 0. The Bertz CT molecular complexity index is 560. The van der Waals surface area contributed by atoms with Gasteiger partial charge in [0.25, 0.3) is 0 Å². The molecule has 0 radical (unpaired) electrons. The lowest BCUT2D eigenvalue weighted by Gasteiger charge is -2.26. The zero-order valence-electron chi connectivity index (χ0n) is 9.93. The molecule has 94 valence electrons. The molecule has 0 spiro atoms. The van der Waals surface area contributed by atoms with E-state index in [0.717, 1.165) is 25.9 Å². The van der Waals surface area contributed by atoms with Crippen LogP contribution in [-0.2, 0) is 0 Å². The molecule has 2 heterocycles. The summed E-state index contributed by atoms with van der Waals surface area (Å²) in [4.78, 5) is 13.8. The van der Waals surface area contributed by atoms with Crippen LogP contribution < -0.4 is 5.32 Å². The summed E-state index contributed by atoms with van der Waals surface area (Å²) in [5.41, 5.74) is 2.05. The smallest absolute Gasteiger partial charge is 0.321 e. The van der Waals surface area contributed by atoms with E-state index in [4.69, 9.17) is 0 Å². The van der Waals surface area contributed by atoms with Gasteiger partial charge in [-0.2, -0.15) is 0 Å². The Morgan fingerprint density at radius 1 is 1.17 bits per heavy atom. The molecule has 6 heteroatoms. The van der Waals surface area contributed by atoms with Gasteiger partial charge in [-0.1, -0.05) is 0 Å². The van der Waals surface area contributed by atoms with Crippen molar-refractivity contribution in [1.29, 1.82) is 0 Å². The van der Waals surface area contributed by atoms with Gasteiger partial charge < -0.3 is 10.2 Å². The predicted molar refractivity (Wildman–Crippen MR) is 66.2 cm³/mol. The van der Waals surface area contributed by atoms with Gasteiger partial charge in [-0.15, -0.1) is 0 Å². The molecule has 18 heavy (non-hydrogen) atoms. The van der Waals surface area contributed by atoms with Crippen LogP contribution >= 0.6 is 0 Å². The van der Waals surface area contributed by atoms with Crippen molar-refractivity contribution < 1.29 is 9.42 Å². The van der Waals surface area contributed by atoms with Crippen molar-refractivity contribution in [3.05, 3.63) is 18.2 Å². The van der Waals surface area contributed by atoms with Crippen LogP contribution in [0.25, 0.3) is 11.0 Å². The summed E-state index contributed by atoms with van der Waals surface area (Å²) in [6.07, 6.45) is 3.37. The monoisotopic (exact) mass is 246 g/mol. The van der Waals surface area contributed by atoms with E-state index >= 15 is 0 Å². The zero-order chi connectivity index (χ0) is 12.4. The number of rotatable bonds is 1. The molecule has 1 saturated heterocycles. The Labute approximate surface area is 104 Å². The number of hydrogen-bond donors (Lipinski definition) is 1. The molecule has 0 bridgehead atoms. The maximum Gasteiger partial charge on any atom is 0.321 e. The molecule has 0 atom stereocenters. The summed E-state index contributed by atoms with van der Waals surface area (Å²) in [7, 11) is 0. The van der Waals surface area contributed by atoms with Crippen LogP contribution in [0, 0.1) is 0 Å². The van der Waals surface area contributed by atoms with Gasteiger partial charge in [0, 0.05) is 18.8 Å². The third-order valence-electron chi connectivity index (χ3n) is 3.15. The van der Waals surface area contributed by atoms with Crippen LogP contribution in [0.1, 0.15) is 19.3 Å². The predicted octanol–water partition coefficient (Wildman–Crippen LogP) is 2.24. The van der Waals surface area contributed by atoms with Crippen molar-refractivity contribution in [2.75, 3.05) is 18.4 Å². The average Bonchev–Trinajstić information content (AvgIpc) is 2.87. The summed E-state index contributed by atoms with van der Waals surface area (Å²) < 4.78 is 4.62. The standard InChI is InChI=1S/C12H14N4O2/c17-12(16-6-2-1-3-7-16)13-9-4-5-10-11(8-9)15-18-14-10/h4-5,8H,1-3,6-7H2,(H,13,17). The molecule has 0 saturated carbocycles. The number of nitrogens with one attached hydrogen (secondary N) is 1. The maximum atomic E-state index is 12.0. The van der Waals surface area contributed by atoms with E-state index in [1.165, 1.54) is 6.42 Å². The molecular weight excluding hydrogens is 232 g/mol. The van der Waals surface area contributed by atoms with Crippen molar-refractivity contribution in [3.63, 3.8) is 0 Å². The number of fused-ring (bicyclic) bond motifs is 1. The minimum absolute atomic E-state index is 0.0505. The molecule has 0 aliphatic carbocycles. The van der Waals surface area contributed by atoms with E-state index in [2.05, 4.69) is 20.3 Å². The highest BCUT2D eigenvalue weighted by atomic mass is 16.6. The van der Waals surface area contributed by atoms with E-state index < -0.39 is 0 Å². The lowest BCUT2D eigenvalue weighted by Crippen LogP contribution is -2.38. The van der Waals surface area contributed by atoms with Gasteiger partial charge in [0.2, 0.25) is 0 Å². The number of anilines is 1. The molecule has 1 aliphatic heterocycles. The Balaban J connectivity index is 1.72. The second kappa shape index (κ2) is 4.64. The van der Waals surface area contributed by atoms with Gasteiger partial charge >= 0.3 is 6.03 Å². The Morgan fingerprint density at radius 3 is 2.78 bits per heavy atom. The van der Waals surface area contributed by atoms with Crippen molar-refractivity contribution in [2.24, 2.45) is 0 Å². The number of hydrogen-bond acceptors (Lipinski definition) is 4. The number of carbonyl (C=O) groups excluding carboxylic acids is 1. The molecule has 1 fully saturated rings. The number of urea groups is 1. The first-order valence-corrected chi connectivity index (χ1v) is 6.11. The first-order chi connectivity index (χ1) is 8.83.